The third-order valence-corrected chi connectivity index (χ3v) is 2.08. The Morgan fingerprint density at radius 3 is 2.92 bits per heavy atom. The normalized spacial score (nSPS) is 15.2. The molecule has 0 radical (unpaired) electrons. The van der Waals surface area contributed by atoms with Crippen molar-refractivity contribution in [3.05, 3.63) is 17.7 Å². The first kappa shape index (κ1) is 8.08. The lowest BCUT2D eigenvalue weighted by molar-refractivity contribution is 0.565. The molecule has 0 atom stereocenters. The molecule has 0 saturated heterocycles. The first-order chi connectivity index (χ1) is 6.31. The average Bonchev–Trinajstić information content (AvgIpc) is 2.91. The van der Waals surface area contributed by atoms with Gasteiger partial charge < -0.3 is 0 Å². The number of aromatic nitrogens is 2. The molecule has 2 rings (SSSR count). The molecule has 0 aliphatic heterocycles. The molecule has 1 fully saturated rings. The van der Waals surface area contributed by atoms with Crippen LogP contribution in [0.5, 0.6) is 0 Å². The van der Waals surface area contributed by atoms with Crippen LogP contribution in [0.3, 0.4) is 0 Å². The van der Waals surface area contributed by atoms with Gasteiger partial charge in [0.05, 0.1) is 11.9 Å². The number of isocyanates is 1. The highest BCUT2D eigenvalue weighted by Crippen LogP contribution is 2.38. The van der Waals surface area contributed by atoms with Crippen LogP contribution in [0.4, 0.5) is 5.69 Å². The van der Waals surface area contributed by atoms with Gasteiger partial charge in [-0.15, -0.1) is 0 Å². The smallest absolute Gasteiger partial charge is 0.239 e. The third kappa shape index (κ3) is 1.63. The van der Waals surface area contributed by atoms with Gasteiger partial charge in [0.15, 0.2) is 0 Å². The van der Waals surface area contributed by atoms with E-state index in [1.165, 1.54) is 18.9 Å². The van der Waals surface area contributed by atoms with Crippen LogP contribution in [0.15, 0.2) is 11.2 Å². The van der Waals surface area contributed by atoms with E-state index in [4.69, 9.17) is 0 Å². The highest BCUT2D eigenvalue weighted by atomic mass is 16.1. The molecule has 13 heavy (non-hydrogen) atoms. The fraction of sp³-hybridized carbons (Fsp3) is 0.444. The zero-order valence-electron chi connectivity index (χ0n) is 7.32. The number of carbonyl (C=O) groups excluding carboxylic acids is 1. The van der Waals surface area contributed by atoms with Crippen molar-refractivity contribution >= 4 is 11.8 Å². The second-order valence-electron chi connectivity index (χ2n) is 3.18. The molecule has 4 heteroatoms. The molecule has 1 aromatic rings. The van der Waals surface area contributed by atoms with Gasteiger partial charge in [-0.1, -0.05) is 0 Å². The molecule has 0 N–H and O–H groups in total. The van der Waals surface area contributed by atoms with Crippen molar-refractivity contribution < 1.29 is 4.79 Å². The van der Waals surface area contributed by atoms with Crippen LogP contribution < -0.4 is 0 Å². The Hall–Kier alpha value is -1.54. The Kier molecular flexibility index (Phi) is 1.91. The van der Waals surface area contributed by atoms with Gasteiger partial charge in [-0.05, 0) is 19.8 Å². The second kappa shape index (κ2) is 3.07. The molecule has 0 unspecified atom stereocenters. The van der Waals surface area contributed by atoms with Gasteiger partial charge in [0.25, 0.3) is 0 Å². The van der Waals surface area contributed by atoms with E-state index < -0.39 is 0 Å². The molecule has 0 aromatic carbocycles. The molecule has 66 valence electrons. The fourth-order valence-electron chi connectivity index (χ4n) is 1.18. The third-order valence-electron chi connectivity index (χ3n) is 2.08. The second-order valence-corrected chi connectivity index (χ2v) is 3.18. The lowest BCUT2D eigenvalue weighted by atomic mass is 10.3. The Morgan fingerprint density at radius 2 is 2.38 bits per heavy atom. The van der Waals surface area contributed by atoms with Gasteiger partial charge in [-0.2, -0.15) is 4.99 Å². The van der Waals surface area contributed by atoms with E-state index in [0.717, 1.165) is 11.5 Å². The van der Waals surface area contributed by atoms with Crippen molar-refractivity contribution in [2.45, 2.75) is 25.7 Å². The van der Waals surface area contributed by atoms with Crippen molar-refractivity contribution in [3.63, 3.8) is 0 Å². The fourth-order valence-corrected chi connectivity index (χ4v) is 1.18. The summed E-state index contributed by atoms with van der Waals surface area (Å²) in [7, 11) is 0. The maximum atomic E-state index is 10.0. The molecule has 1 aromatic heterocycles. The summed E-state index contributed by atoms with van der Waals surface area (Å²) >= 11 is 0. The maximum absolute atomic E-state index is 10.0. The Labute approximate surface area is 75.7 Å². The maximum Gasteiger partial charge on any atom is 0.240 e. The number of nitrogens with zero attached hydrogens (tertiary/aromatic N) is 3. The summed E-state index contributed by atoms with van der Waals surface area (Å²) in [5, 5.41) is 0. The summed E-state index contributed by atoms with van der Waals surface area (Å²) < 4.78 is 0. The summed E-state index contributed by atoms with van der Waals surface area (Å²) in [4.78, 5) is 21.9. The average molecular weight is 175 g/mol. The molecule has 0 bridgehead atoms. The predicted molar refractivity (Wildman–Crippen MR) is 46.5 cm³/mol. The van der Waals surface area contributed by atoms with Gasteiger partial charge in [0.1, 0.15) is 11.5 Å². The highest BCUT2D eigenvalue weighted by Gasteiger charge is 2.26. The minimum Gasteiger partial charge on any atom is -0.239 e. The molecule has 0 spiro atoms. The SMILES string of the molecule is Cc1nc(C2CC2)ncc1N=C=O. The van der Waals surface area contributed by atoms with E-state index >= 15 is 0 Å². The number of hydrogen-bond donors (Lipinski definition) is 0. The molecular formula is C9H9N3O. The summed E-state index contributed by atoms with van der Waals surface area (Å²) in [6.07, 6.45) is 5.42. The van der Waals surface area contributed by atoms with Crippen LogP contribution in [0.25, 0.3) is 0 Å². The van der Waals surface area contributed by atoms with E-state index in [9.17, 15) is 4.79 Å². The summed E-state index contributed by atoms with van der Waals surface area (Å²) in [5.74, 6) is 1.41. The van der Waals surface area contributed by atoms with Crippen LogP contribution in [-0.4, -0.2) is 16.0 Å². The van der Waals surface area contributed by atoms with Gasteiger partial charge in [-0.25, -0.2) is 14.8 Å². The van der Waals surface area contributed by atoms with Crippen LogP contribution in [-0.2, 0) is 4.79 Å². The van der Waals surface area contributed by atoms with Crippen molar-refractivity contribution in [2.24, 2.45) is 4.99 Å². The largest absolute Gasteiger partial charge is 0.240 e. The molecule has 1 aliphatic carbocycles. The summed E-state index contributed by atoms with van der Waals surface area (Å²) in [6, 6.07) is 0. The first-order valence-corrected chi connectivity index (χ1v) is 4.22. The van der Waals surface area contributed by atoms with Gasteiger partial charge in [0, 0.05) is 5.92 Å². The van der Waals surface area contributed by atoms with Crippen LogP contribution in [0.1, 0.15) is 30.3 Å². The van der Waals surface area contributed by atoms with Crippen LogP contribution in [0.2, 0.25) is 0 Å². The highest BCUT2D eigenvalue weighted by molar-refractivity contribution is 5.49. The van der Waals surface area contributed by atoms with E-state index in [0.29, 0.717) is 11.6 Å². The Morgan fingerprint density at radius 1 is 1.62 bits per heavy atom. The monoisotopic (exact) mass is 175 g/mol. The zero-order chi connectivity index (χ0) is 9.26. The Bertz CT molecular complexity index is 378. The summed E-state index contributed by atoms with van der Waals surface area (Å²) in [6.45, 7) is 1.82. The van der Waals surface area contributed by atoms with Crippen molar-refractivity contribution in [3.8, 4) is 0 Å². The molecular weight excluding hydrogens is 166 g/mol. The number of hydrogen-bond acceptors (Lipinski definition) is 4. The van der Waals surface area contributed by atoms with Crippen LogP contribution in [0, 0.1) is 6.92 Å². The number of rotatable bonds is 2. The topological polar surface area (TPSA) is 55.2 Å². The van der Waals surface area contributed by atoms with Crippen molar-refractivity contribution in [1.82, 2.24) is 9.97 Å². The standard InChI is InChI=1S/C9H9N3O/c1-6-8(11-5-13)4-10-9(12-6)7-2-3-7/h4,7H,2-3H2,1H3. The summed E-state index contributed by atoms with van der Waals surface area (Å²) in [5.41, 5.74) is 1.26. The van der Waals surface area contributed by atoms with Crippen molar-refractivity contribution in [2.75, 3.05) is 0 Å². The quantitative estimate of drug-likeness (QED) is 0.507. The minimum absolute atomic E-state index is 0.513. The van der Waals surface area contributed by atoms with Gasteiger partial charge in [-0.3, -0.25) is 0 Å². The van der Waals surface area contributed by atoms with Gasteiger partial charge >= 0.3 is 0 Å². The molecule has 1 aliphatic rings. The van der Waals surface area contributed by atoms with Gasteiger partial charge in [0.2, 0.25) is 6.08 Å². The lowest BCUT2D eigenvalue weighted by Crippen LogP contribution is -1.93. The molecule has 4 nitrogen and oxygen atoms in total. The van der Waals surface area contributed by atoms with Crippen LogP contribution >= 0.6 is 0 Å². The van der Waals surface area contributed by atoms with E-state index in [-0.39, 0.29) is 0 Å². The van der Waals surface area contributed by atoms with E-state index in [1.807, 2.05) is 6.92 Å². The van der Waals surface area contributed by atoms with E-state index in [1.54, 1.807) is 6.20 Å². The van der Waals surface area contributed by atoms with E-state index in [2.05, 4.69) is 15.0 Å². The molecule has 1 saturated carbocycles. The zero-order valence-corrected chi connectivity index (χ0v) is 7.32. The predicted octanol–water partition coefficient (Wildman–Crippen LogP) is 1.63. The minimum atomic E-state index is 0.513. The lowest BCUT2D eigenvalue weighted by Gasteiger charge is -1.99. The Balaban J connectivity index is 2.36. The molecule has 1 heterocycles. The molecule has 0 amide bonds. The van der Waals surface area contributed by atoms with Crippen molar-refractivity contribution in [1.29, 1.82) is 0 Å². The number of aryl methyl sites for hydroxylation is 1. The first-order valence-electron chi connectivity index (χ1n) is 4.22. The number of aliphatic imine (C=N–C) groups is 1.